The van der Waals surface area contributed by atoms with Gasteiger partial charge in [-0.15, -0.1) is 0 Å². The summed E-state index contributed by atoms with van der Waals surface area (Å²) in [6.45, 7) is 4.48. The van der Waals surface area contributed by atoms with Crippen LogP contribution in [0, 0.1) is 6.92 Å². The molecule has 1 saturated heterocycles. The van der Waals surface area contributed by atoms with Gasteiger partial charge in [-0.1, -0.05) is 24.3 Å². The zero-order valence-electron chi connectivity index (χ0n) is 18.6. The fraction of sp³-hybridized carbons (Fsp3) is 0.320. The van der Waals surface area contributed by atoms with Crippen LogP contribution in [0.25, 0.3) is 0 Å². The van der Waals surface area contributed by atoms with Crippen molar-refractivity contribution in [2.24, 2.45) is 5.73 Å². The molecule has 8 nitrogen and oxygen atoms in total. The van der Waals surface area contributed by atoms with Gasteiger partial charge in [0, 0.05) is 31.9 Å². The van der Waals surface area contributed by atoms with E-state index in [1.54, 1.807) is 29.3 Å². The molecule has 0 radical (unpaired) electrons. The first kappa shape index (κ1) is 22.5. The SMILES string of the molecule is Cc1ccc(N(C(=O)c2ccco2)C2CCN(CCc3ccccc3OC(N)=O)CC2)nc1. The van der Waals surface area contributed by atoms with Crippen LogP contribution in [0.3, 0.4) is 0 Å². The maximum atomic E-state index is 13.2. The zero-order chi connectivity index (χ0) is 23.2. The largest absolute Gasteiger partial charge is 0.459 e. The van der Waals surface area contributed by atoms with Crippen molar-refractivity contribution in [2.75, 3.05) is 24.5 Å². The van der Waals surface area contributed by atoms with Gasteiger partial charge in [-0.25, -0.2) is 9.78 Å². The zero-order valence-corrected chi connectivity index (χ0v) is 18.6. The first-order valence-electron chi connectivity index (χ1n) is 11.1. The van der Waals surface area contributed by atoms with E-state index in [0.717, 1.165) is 50.0 Å². The van der Waals surface area contributed by atoms with E-state index in [1.807, 2.05) is 37.3 Å². The molecule has 3 aromatic rings. The van der Waals surface area contributed by atoms with Crippen LogP contribution in [0.15, 0.2) is 65.4 Å². The Hall–Kier alpha value is -3.65. The van der Waals surface area contributed by atoms with Gasteiger partial charge < -0.3 is 19.8 Å². The average molecular weight is 449 g/mol. The Bertz CT molecular complexity index is 1070. The standard InChI is InChI=1S/C25H28N4O4/c1-18-8-9-23(27-17-18)29(24(30)22-7-4-16-32-22)20-11-14-28(15-12-20)13-10-19-5-2-3-6-21(19)33-25(26)31/h2-9,16-17,20H,10-15H2,1H3,(H2,26,31). The third-order valence-electron chi connectivity index (χ3n) is 5.90. The van der Waals surface area contributed by atoms with E-state index in [2.05, 4.69) is 9.88 Å². The van der Waals surface area contributed by atoms with Crippen LogP contribution in [-0.2, 0) is 6.42 Å². The van der Waals surface area contributed by atoms with E-state index in [1.165, 1.54) is 6.26 Å². The first-order chi connectivity index (χ1) is 16.0. The number of carbonyl (C=O) groups excluding carboxylic acids is 2. The second-order valence-electron chi connectivity index (χ2n) is 8.20. The molecule has 1 aliphatic heterocycles. The molecule has 2 aromatic heterocycles. The quantitative estimate of drug-likeness (QED) is 0.590. The highest BCUT2D eigenvalue weighted by Crippen LogP contribution is 2.26. The Morgan fingerprint density at radius 1 is 1.15 bits per heavy atom. The molecule has 4 rings (SSSR count). The summed E-state index contributed by atoms with van der Waals surface area (Å²) in [6.07, 6.45) is 4.86. The molecule has 172 valence electrons. The number of piperidine rings is 1. The second kappa shape index (κ2) is 10.3. The van der Waals surface area contributed by atoms with Gasteiger partial charge >= 0.3 is 6.09 Å². The molecule has 1 aliphatic rings. The highest BCUT2D eigenvalue weighted by Gasteiger charge is 2.31. The number of nitrogens with zero attached hydrogens (tertiary/aromatic N) is 3. The fourth-order valence-electron chi connectivity index (χ4n) is 4.18. The normalized spacial score (nSPS) is 14.7. The van der Waals surface area contributed by atoms with E-state index < -0.39 is 6.09 Å². The lowest BCUT2D eigenvalue weighted by atomic mass is 10.0. The Kier molecular flexibility index (Phi) is 7.04. The van der Waals surface area contributed by atoms with Gasteiger partial charge in [0.05, 0.1) is 6.26 Å². The van der Waals surface area contributed by atoms with E-state index in [9.17, 15) is 9.59 Å². The molecule has 0 bridgehead atoms. The molecule has 0 spiro atoms. The van der Waals surface area contributed by atoms with Crippen LogP contribution in [0.1, 0.15) is 34.5 Å². The molecule has 8 heteroatoms. The van der Waals surface area contributed by atoms with Crippen LogP contribution in [-0.4, -0.2) is 47.6 Å². The van der Waals surface area contributed by atoms with Crippen molar-refractivity contribution in [1.82, 2.24) is 9.88 Å². The number of hydrogen-bond acceptors (Lipinski definition) is 6. The minimum Gasteiger partial charge on any atom is -0.459 e. The minimum atomic E-state index is -0.811. The number of anilines is 1. The third kappa shape index (κ3) is 5.59. The molecular weight excluding hydrogens is 420 g/mol. The molecule has 0 atom stereocenters. The van der Waals surface area contributed by atoms with Gasteiger partial charge in [0.1, 0.15) is 11.6 Å². The predicted octanol–water partition coefficient (Wildman–Crippen LogP) is 3.79. The molecule has 1 fully saturated rings. The number of amides is 2. The Labute approximate surface area is 192 Å². The van der Waals surface area contributed by atoms with Gasteiger partial charge in [0.15, 0.2) is 5.76 Å². The number of ether oxygens (including phenoxy) is 1. The van der Waals surface area contributed by atoms with Crippen molar-refractivity contribution >= 4 is 17.8 Å². The number of carbonyl (C=O) groups is 2. The second-order valence-corrected chi connectivity index (χ2v) is 8.20. The van der Waals surface area contributed by atoms with Gasteiger partial charge in [-0.05, 0) is 61.6 Å². The monoisotopic (exact) mass is 448 g/mol. The fourth-order valence-corrected chi connectivity index (χ4v) is 4.18. The van der Waals surface area contributed by atoms with Crippen molar-refractivity contribution < 1.29 is 18.7 Å². The van der Waals surface area contributed by atoms with Crippen LogP contribution in [0.2, 0.25) is 0 Å². The highest BCUT2D eigenvalue weighted by atomic mass is 16.5. The summed E-state index contributed by atoms with van der Waals surface area (Å²) in [5, 5.41) is 0. The van der Waals surface area contributed by atoms with E-state index in [0.29, 0.717) is 17.3 Å². The van der Waals surface area contributed by atoms with Crippen LogP contribution < -0.4 is 15.4 Å². The number of likely N-dealkylation sites (tertiary alicyclic amines) is 1. The Morgan fingerprint density at radius 3 is 2.61 bits per heavy atom. The van der Waals surface area contributed by atoms with Crippen molar-refractivity contribution in [1.29, 1.82) is 0 Å². The summed E-state index contributed by atoms with van der Waals surface area (Å²) in [4.78, 5) is 33.0. The van der Waals surface area contributed by atoms with Crippen LogP contribution >= 0.6 is 0 Å². The minimum absolute atomic E-state index is 0.0273. The topological polar surface area (TPSA) is 102 Å². The number of rotatable bonds is 7. The smallest absolute Gasteiger partial charge is 0.409 e. The number of pyridine rings is 1. The molecule has 2 N–H and O–H groups in total. The van der Waals surface area contributed by atoms with Crippen LogP contribution in [0.4, 0.5) is 10.6 Å². The molecule has 1 aromatic carbocycles. The number of hydrogen-bond donors (Lipinski definition) is 1. The van der Waals surface area contributed by atoms with E-state index in [-0.39, 0.29) is 11.9 Å². The number of aromatic nitrogens is 1. The number of primary amides is 1. The summed E-state index contributed by atoms with van der Waals surface area (Å²) in [6, 6.07) is 14.7. The summed E-state index contributed by atoms with van der Waals surface area (Å²) in [7, 11) is 0. The third-order valence-corrected chi connectivity index (χ3v) is 5.90. The van der Waals surface area contributed by atoms with E-state index >= 15 is 0 Å². The number of aryl methyl sites for hydroxylation is 1. The molecule has 0 unspecified atom stereocenters. The van der Waals surface area contributed by atoms with Crippen LogP contribution in [0.5, 0.6) is 5.75 Å². The van der Waals surface area contributed by atoms with E-state index in [4.69, 9.17) is 14.9 Å². The number of benzene rings is 1. The molecule has 2 amide bonds. The molecular formula is C25H28N4O4. The summed E-state index contributed by atoms with van der Waals surface area (Å²) in [5.41, 5.74) is 7.16. The number of nitrogens with two attached hydrogens (primary N) is 1. The predicted molar refractivity (Wildman–Crippen MR) is 124 cm³/mol. The van der Waals surface area contributed by atoms with Gasteiger partial charge in [0.25, 0.3) is 5.91 Å². The lowest BCUT2D eigenvalue weighted by Gasteiger charge is -2.37. The maximum absolute atomic E-state index is 13.2. The number of para-hydroxylation sites is 1. The maximum Gasteiger partial charge on any atom is 0.409 e. The highest BCUT2D eigenvalue weighted by molar-refractivity contribution is 6.04. The first-order valence-corrected chi connectivity index (χ1v) is 11.1. The van der Waals surface area contributed by atoms with Crippen molar-refractivity contribution in [2.45, 2.75) is 32.2 Å². The lowest BCUT2D eigenvalue weighted by Crippen LogP contribution is -2.48. The van der Waals surface area contributed by atoms with Gasteiger partial charge in [0.2, 0.25) is 0 Å². The van der Waals surface area contributed by atoms with Gasteiger partial charge in [-0.2, -0.15) is 0 Å². The summed E-state index contributed by atoms with van der Waals surface area (Å²) >= 11 is 0. The molecule has 3 heterocycles. The van der Waals surface area contributed by atoms with Crippen molar-refractivity contribution in [3.63, 3.8) is 0 Å². The molecule has 0 aliphatic carbocycles. The average Bonchev–Trinajstić information content (AvgIpc) is 3.35. The molecule has 0 saturated carbocycles. The van der Waals surface area contributed by atoms with Gasteiger partial charge in [-0.3, -0.25) is 9.69 Å². The number of furan rings is 1. The van der Waals surface area contributed by atoms with Crippen molar-refractivity contribution in [3.8, 4) is 5.75 Å². The molecule has 33 heavy (non-hydrogen) atoms. The van der Waals surface area contributed by atoms with Crippen molar-refractivity contribution in [3.05, 3.63) is 77.9 Å². The Balaban J connectivity index is 1.41. The lowest BCUT2D eigenvalue weighted by molar-refractivity contribution is 0.0932. The summed E-state index contributed by atoms with van der Waals surface area (Å²) in [5.74, 6) is 1.27. The Morgan fingerprint density at radius 2 is 1.94 bits per heavy atom. The summed E-state index contributed by atoms with van der Waals surface area (Å²) < 4.78 is 10.5.